The maximum absolute atomic E-state index is 5.68. The molecule has 1 heterocycles. The number of thiocarbonyl (C=S) groups is 1. The molecule has 0 fully saturated rings. The molecule has 24 heavy (non-hydrogen) atoms. The number of nitrogens with one attached hydrogen (secondary N) is 2. The fourth-order valence-corrected chi connectivity index (χ4v) is 2.79. The van der Waals surface area contributed by atoms with Crippen molar-refractivity contribution in [2.75, 3.05) is 39.6 Å². The number of anilines is 1. The summed E-state index contributed by atoms with van der Waals surface area (Å²) in [7, 11) is 5.92. The lowest BCUT2D eigenvalue weighted by molar-refractivity contribution is -0.857. The molecular formula is C18H26N3O2S+. The van der Waals surface area contributed by atoms with Crippen LogP contribution in [0.3, 0.4) is 0 Å². The van der Waals surface area contributed by atoms with E-state index < -0.39 is 0 Å². The normalized spacial score (nSPS) is 12.0. The van der Waals surface area contributed by atoms with Crippen molar-refractivity contribution in [1.29, 1.82) is 0 Å². The van der Waals surface area contributed by atoms with Gasteiger partial charge in [-0.1, -0.05) is 12.1 Å². The lowest BCUT2D eigenvalue weighted by atomic mass is 10.2. The zero-order valence-electron chi connectivity index (χ0n) is 14.7. The Morgan fingerprint density at radius 2 is 2.04 bits per heavy atom. The molecular weight excluding hydrogens is 322 g/mol. The molecule has 1 aromatic heterocycles. The van der Waals surface area contributed by atoms with E-state index in [1.807, 2.05) is 36.4 Å². The molecule has 0 radical (unpaired) electrons. The molecule has 1 unspecified atom stereocenters. The van der Waals surface area contributed by atoms with Gasteiger partial charge in [0.1, 0.15) is 11.5 Å². The summed E-state index contributed by atoms with van der Waals surface area (Å²) < 4.78 is 11.0. The summed E-state index contributed by atoms with van der Waals surface area (Å²) in [6.07, 6.45) is 1.69. The Hall–Kier alpha value is -2.05. The summed E-state index contributed by atoms with van der Waals surface area (Å²) in [4.78, 5) is 3.51. The third-order valence-electron chi connectivity index (χ3n) is 3.88. The average Bonchev–Trinajstić information content (AvgIpc) is 3.09. The van der Waals surface area contributed by atoms with Gasteiger partial charge in [0.25, 0.3) is 0 Å². The summed E-state index contributed by atoms with van der Waals surface area (Å²) in [6.45, 7) is 3.89. The zero-order chi connectivity index (χ0) is 17.5. The van der Waals surface area contributed by atoms with E-state index in [4.69, 9.17) is 21.4 Å². The molecule has 2 rings (SSSR count). The van der Waals surface area contributed by atoms with Gasteiger partial charge in [0.05, 0.1) is 52.3 Å². The van der Waals surface area contributed by atoms with Crippen LogP contribution in [0.25, 0.3) is 0 Å². The first-order valence-corrected chi connectivity index (χ1v) is 8.46. The molecule has 6 heteroatoms. The Kier molecular flexibility index (Phi) is 6.63. The maximum atomic E-state index is 5.68. The molecule has 0 bridgehead atoms. The molecule has 0 amide bonds. The van der Waals surface area contributed by atoms with Crippen molar-refractivity contribution in [2.24, 2.45) is 0 Å². The number of hydrogen-bond acceptors (Lipinski definition) is 3. The first-order chi connectivity index (χ1) is 11.5. The summed E-state index contributed by atoms with van der Waals surface area (Å²) in [5.74, 6) is 1.66. The van der Waals surface area contributed by atoms with Crippen molar-refractivity contribution in [2.45, 2.75) is 13.0 Å². The number of hydrogen-bond donors (Lipinski definition) is 2. The van der Waals surface area contributed by atoms with Crippen molar-refractivity contribution in [3.63, 3.8) is 0 Å². The number of furan rings is 1. The summed E-state index contributed by atoms with van der Waals surface area (Å²) in [5, 5.41) is 3.97. The monoisotopic (exact) mass is 348 g/mol. The quantitative estimate of drug-likeness (QED) is 0.751. The molecule has 130 valence electrons. The Bertz CT molecular complexity index is 643. The Morgan fingerprint density at radius 3 is 2.67 bits per heavy atom. The number of ether oxygens (including phenoxy) is 1. The minimum absolute atomic E-state index is 0.0501. The van der Waals surface area contributed by atoms with E-state index in [1.54, 1.807) is 13.4 Å². The van der Waals surface area contributed by atoms with Gasteiger partial charge in [0.2, 0.25) is 0 Å². The molecule has 0 saturated carbocycles. The smallest absolute Gasteiger partial charge is 0.174 e. The van der Waals surface area contributed by atoms with Crippen LogP contribution in [0.4, 0.5) is 5.69 Å². The van der Waals surface area contributed by atoms with Crippen LogP contribution in [0.15, 0.2) is 47.1 Å². The molecule has 2 N–H and O–H groups in total. The van der Waals surface area contributed by atoms with Crippen LogP contribution < -0.4 is 15.0 Å². The molecule has 2 aromatic rings. The highest BCUT2D eigenvalue weighted by Crippen LogP contribution is 2.26. The predicted octanol–water partition coefficient (Wildman–Crippen LogP) is 2.19. The third kappa shape index (κ3) is 4.72. The van der Waals surface area contributed by atoms with E-state index in [1.165, 1.54) is 4.90 Å². The highest BCUT2D eigenvalue weighted by Gasteiger charge is 2.22. The molecule has 0 spiro atoms. The lowest BCUT2D eigenvalue weighted by Gasteiger charge is -2.31. The van der Waals surface area contributed by atoms with Gasteiger partial charge in [0.15, 0.2) is 5.11 Å². The fourth-order valence-electron chi connectivity index (χ4n) is 2.43. The van der Waals surface area contributed by atoms with Crippen LogP contribution >= 0.6 is 12.2 Å². The molecule has 0 aliphatic heterocycles. The second-order valence-electron chi connectivity index (χ2n) is 5.97. The minimum atomic E-state index is 0.0501. The highest BCUT2D eigenvalue weighted by atomic mass is 32.1. The van der Waals surface area contributed by atoms with Crippen molar-refractivity contribution < 1.29 is 14.1 Å². The molecule has 0 aliphatic rings. The number of likely N-dealkylation sites (N-methyl/N-ethyl adjacent to an activating group) is 1. The van der Waals surface area contributed by atoms with E-state index in [9.17, 15) is 0 Å². The van der Waals surface area contributed by atoms with E-state index in [-0.39, 0.29) is 6.04 Å². The Balaban J connectivity index is 2.17. The van der Waals surface area contributed by atoms with Crippen LogP contribution in [-0.2, 0) is 0 Å². The molecule has 1 aromatic carbocycles. The van der Waals surface area contributed by atoms with Crippen molar-refractivity contribution >= 4 is 23.0 Å². The second kappa shape index (κ2) is 8.70. The van der Waals surface area contributed by atoms with Crippen LogP contribution in [0.1, 0.15) is 18.7 Å². The summed E-state index contributed by atoms with van der Waals surface area (Å²) in [6, 6.07) is 11.7. The van der Waals surface area contributed by atoms with Gasteiger partial charge in [0, 0.05) is 0 Å². The van der Waals surface area contributed by atoms with Gasteiger partial charge in [-0.3, -0.25) is 0 Å². The SMILES string of the molecule is COc1ccccc1NC(=S)N(CC[NH+](C)C)C(C)c1ccco1. The lowest BCUT2D eigenvalue weighted by Crippen LogP contribution is -3.06. The van der Waals surface area contributed by atoms with Crippen LogP contribution in [0.5, 0.6) is 5.75 Å². The summed E-state index contributed by atoms with van der Waals surface area (Å²) in [5.41, 5.74) is 0.860. The van der Waals surface area contributed by atoms with Gasteiger partial charge in [-0.25, -0.2) is 0 Å². The molecule has 1 atom stereocenters. The average molecular weight is 348 g/mol. The molecule has 0 saturated heterocycles. The van der Waals surface area contributed by atoms with Crippen LogP contribution in [0.2, 0.25) is 0 Å². The van der Waals surface area contributed by atoms with Gasteiger partial charge in [-0.05, 0) is 43.4 Å². The second-order valence-corrected chi connectivity index (χ2v) is 6.36. The topological polar surface area (TPSA) is 42.1 Å². The standard InChI is InChI=1S/C18H25N3O2S/c1-14(16-10-7-13-23-16)21(12-11-20(2)3)18(24)19-15-8-5-6-9-17(15)22-4/h5-10,13-14H,11-12H2,1-4H3,(H,19,24)/p+1. The number of benzene rings is 1. The predicted molar refractivity (Wildman–Crippen MR) is 101 cm³/mol. The number of quaternary nitrogens is 1. The Morgan fingerprint density at radius 1 is 1.29 bits per heavy atom. The van der Waals surface area contributed by atoms with Gasteiger partial charge in [-0.15, -0.1) is 0 Å². The largest absolute Gasteiger partial charge is 0.495 e. The fraction of sp³-hybridized carbons (Fsp3) is 0.389. The van der Waals surface area contributed by atoms with Gasteiger partial charge in [-0.2, -0.15) is 0 Å². The van der Waals surface area contributed by atoms with E-state index in [0.717, 1.165) is 30.3 Å². The summed E-state index contributed by atoms with van der Waals surface area (Å²) >= 11 is 5.68. The molecule has 5 nitrogen and oxygen atoms in total. The van der Waals surface area contributed by atoms with Crippen molar-refractivity contribution in [1.82, 2.24) is 4.90 Å². The van der Waals surface area contributed by atoms with Gasteiger partial charge >= 0.3 is 0 Å². The molecule has 0 aliphatic carbocycles. The zero-order valence-corrected chi connectivity index (χ0v) is 15.5. The van der Waals surface area contributed by atoms with Crippen LogP contribution in [-0.4, -0.2) is 44.3 Å². The third-order valence-corrected chi connectivity index (χ3v) is 4.22. The van der Waals surface area contributed by atoms with Crippen LogP contribution in [0, 0.1) is 0 Å². The van der Waals surface area contributed by atoms with E-state index in [0.29, 0.717) is 5.11 Å². The number of methoxy groups -OCH3 is 1. The van der Waals surface area contributed by atoms with Crippen molar-refractivity contribution in [3.8, 4) is 5.75 Å². The number of nitrogens with zero attached hydrogens (tertiary/aromatic N) is 1. The number of rotatable bonds is 7. The van der Waals surface area contributed by atoms with Crippen molar-refractivity contribution in [3.05, 3.63) is 48.4 Å². The highest BCUT2D eigenvalue weighted by molar-refractivity contribution is 7.80. The Labute approximate surface area is 149 Å². The minimum Gasteiger partial charge on any atom is -0.495 e. The van der Waals surface area contributed by atoms with E-state index >= 15 is 0 Å². The maximum Gasteiger partial charge on any atom is 0.174 e. The number of para-hydroxylation sites is 2. The first kappa shape index (κ1) is 18.3. The van der Waals surface area contributed by atoms with E-state index in [2.05, 4.69) is 31.2 Å². The van der Waals surface area contributed by atoms with Gasteiger partial charge < -0.3 is 24.3 Å². The first-order valence-electron chi connectivity index (χ1n) is 8.06.